The minimum Gasteiger partial charge on any atom is -0.476 e. The van der Waals surface area contributed by atoms with Crippen LogP contribution in [-0.2, 0) is 4.79 Å². The number of rotatable bonds is 3. The SMILES string of the molecule is O=C(O)C(c1ccc[nH]1)[N+](=O)[O-]. The van der Waals surface area contributed by atoms with Crippen LogP contribution >= 0.6 is 0 Å². The van der Waals surface area contributed by atoms with Crippen LogP contribution in [0.1, 0.15) is 11.7 Å². The van der Waals surface area contributed by atoms with Crippen molar-refractivity contribution >= 4 is 5.97 Å². The highest BCUT2D eigenvalue weighted by molar-refractivity contribution is 5.73. The maximum atomic E-state index is 10.4. The predicted octanol–water partition coefficient (Wildman–Crippen LogP) is 0.417. The summed E-state index contributed by atoms with van der Waals surface area (Å²) in [6.07, 6.45) is 1.44. The number of aliphatic carboxylic acids is 1. The van der Waals surface area contributed by atoms with Gasteiger partial charge in [-0.1, -0.05) is 0 Å². The molecule has 1 heterocycles. The molecule has 12 heavy (non-hydrogen) atoms. The molecule has 0 aromatic carbocycles. The standard InChI is InChI=1S/C6H6N2O4/c9-6(10)5(8(11)12)4-2-1-3-7-4/h1-3,5,7H,(H,9,10). The van der Waals surface area contributed by atoms with Gasteiger partial charge in [0.2, 0.25) is 0 Å². The number of aromatic amines is 1. The van der Waals surface area contributed by atoms with E-state index < -0.39 is 16.9 Å². The lowest BCUT2D eigenvalue weighted by molar-refractivity contribution is -0.516. The van der Waals surface area contributed by atoms with E-state index in [0.29, 0.717) is 0 Å². The molecule has 0 radical (unpaired) electrons. The Kier molecular flexibility index (Phi) is 2.09. The van der Waals surface area contributed by atoms with Crippen LogP contribution in [0.3, 0.4) is 0 Å². The number of carbonyl (C=O) groups is 1. The molecule has 0 saturated heterocycles. The molecule has 0 aliphatic rings. The maximum absolute atomic E-state index is 10.4. The van der Waals surface area contributed by atoms with Crippen molar-refractivity contribution in [1.82, 2.24) is 4.98 Å². The Balaban J connectivity index is 2.96. The minimum atomic E-state index is -1.69. The van der Waals surface area contributed by atoms with Crippen LogP contribution < -0.4 is 0 Å². The molecule has 1 aromatic heterocycles. The summed E-state index contributed by atoms with van der Waals surface area (Å²) in [7, 11) is 0. The zero-order chi connectivity index (χ0) is 9.14. The number of nitrogens with zero attached hydrogens (tertiary/aromatic N) is 1. The first-order valence-corrected chi connectivity index (χ1v) is 3.12. The Bertz CT molecular complexity index is 279. The molecule has 1 aromatic rings. The van der Waals surface area contributed by atoms with E-state index in [1.807, 2.05) is 0 Å². The van der Waals surface area contributed by atoms with Crippen molar-refractivity contribution in [2.75, 3.05) is 0 Å². The summed E-state index contributed by atoms with van der Waals surface area (Å²) in [5, 5.41) is 18.7. The fourth-order valence-corrected chi connectivity index (χ4v) is 0.851. The lowest BCUT2D eigenvalue weighted by Gasteiger charge is -2.00. The van der Waals surface area contributed by atoms with Gasteiger partial charge < -0.3 is 10.1 Å². The van der Waals surface area contributed by atoms with Crippen molar-refractivity contribution in [2.24, 2.45) is 0 Å². The van der Waals surface area contributed by atoms with Gasteiger partial charge in [0.15, 0.2) is 0 Å². The van der Waals surface area contributed by atoms with E-state index in [1.54, 1.807) is 0 Å². The predicted molar refractivity (Wildman–Crippen MR) is 38.2 cm³/mol. The molecule has 6 heteroatoms. The first-order valence-electron chi connectivity index (χ1n) is 3.12. The van der Waals surface area contributed by atoms with Gasteiger partial charge in [-0.05, 0) is 12.1 Å². The Morgan fingerprint density at radius 2 is 2.42 bits per heavy atom. The molecule has 6 nitrogen and oxygen atoms in total. The van der Waals surface area contributed by atoms with Crippen molar-refractivity contribution in [3.05, 3.63) is 34.1 Å². The summed E-state index contributed by atoms with van der Waals surface area (Å²) in [4.78, 5) is 22.2. The van der Waals surface area contributed by atoms with Crippen molar-refractivity contribution in [2.45, 2.75) is 6.04 Å². The summed E-state index contributed by atoms with van der Waals surface area (Å²) in [5.41, 5.74) is 0.0764. The Labute approximate surface area is 67.0 Å². The fraction of sp³-hybridized carbons (Fsp3) is 0.167. The van der Waals surface area contributed by atoms with Gasteiger partial charge in [-0.2, -0.15) is 0 Å². The second-order valence-corrected chi connectivity index (χ2v) is 2.15. The number of nitro groups is 1. The van der Waals surface area contributed by atoms with Crippen LogP contribution in [0.25, 0.3) is 0 Å². The van der Waals surface area contributed by atoms with E-state index >= 15 is 0 Å². The highest BCUT2D eigenvalue weighted by Crippen LogP contribution is 2.13. The van der Waals surface area contributed by atoms with E-state index in [2.05, 4.69) is 4.98 Å². The van der Waals surface area contributed by atoms with E-state index in [1.165, 1.54) is 18.3 Å². The topological polar surface area (TPSA) is 96.2 Å². The van der Waals surface area contributed by atoms with Crippen LogP contribution in [0.4, 0.5) is 0 Å². The first kappa shape index (κ1) is 8.25. The number of aromatic nitrogens is 1. The van der Waals surface area contributed by atoms with E-state index in [9.17, 15) is 14.9 Å². The lowest BCUT2D eigenvalue weighted by Crippen LogP contribution is -2.20. The van der Waals surface area contributed by atoms with Gasteiger partial charge in [0.1, 0.15) is 5.69 Å². The monoisotopic (exact) mass is 170 g/mol. The number of nitrogens with one attached hydrogen (secondary N) is 1. The molecule has 0 amide bonds. The van der Waals surface area contributed by atoms with E-state index in [-0.39, 0.29) is 5.69 Å². The Morgan fingerprint density at radius 3 is 2.75 bits per heavy atom. The zero-order valence-corrected chi connectivity index (χ0v) is 5.93. The van der Waals surface area contributed by atoms with Gasteiger partial charge >= 0.3 is 12.0 Å². The van der Waals surface area contributed by atoms with Crippen LogP contribution in [0, 0.1) is 10.1 Å². The first-order chi connectivity index (χ1) is 5.63. The van der Waals surface area contributed by atoms with Crippen molar-refractivity contribution in [1.29, 1.82) is 0 Å². The maximum Gasteiger partial charge on any atom is 0.385 e. The van der Waals surface area contributed by atoms with Crippen LogP contribution in [0.5, 0.6) is 0 Å². The fourth-order valence-electron chi connectivity index (χ4n) is 0.851. The number of carboxylic acid groups (broad SMARTS) is 1. The quantitative estimate of drug-likeness (QED) is 0.507. The van der Waals surface area contributed by atoms with Crippen LogP contribution in [0.15, 0.2) is 18.3 Å². The molecular weight excluding hydrogens is 164 g/mol. The molecule has 2 N–H and O–H groups in total. The second kappa shape index (κ2) is 3.04. The summed E-state index contributed by atoms with van der Waals surface area (Å²) in [6.45, 7) is 0. The highest BCUT2D eigenvalue weighted by atomic mass is 16.6. The van der Waals surface area contributed by atoms with Gasteiger partial charge in [0.05, 0.1) is 0 Å². The average molecular weight is 170 g/mol. The molecular formula is C6H6N2O4. The lowest BCUT2D eigenvalue weighted by atomic mass is 10.2. The van der Waals surface area contributed by atoms with E-state index in [0.717, 1.165) is 0 Å². The molecule has 0 bridgehead atoms. The summed E-state index contributed by atoms with van der Waals surface area (Å²) in [6, 6.07) is 1.18. The smallest absolute Gasteiger partial charge is 0.385 e. The van der Waals surface area contributed by atoms with E-state index in [4.69, 9.17) is 5.11 Å². The Morgan fingerprint density at radius 1 is 1.75 bits per heavy atom. The third-order valence-electron chi connectivity index (χ3n) is 1.36. The largest absolute Gasteiger partial charge is 0.476 e. The molecule has 1 rings (SSSR count). The molecule has 64 valence electrons. The molecule has 0 aliphatic carbocycles. The minimum absolute atomic E-state index is 0.0764. The van der Waals surface area contributed by atoms with Crippen molar-refractivity contribution < 1.29 is 14.8 Å². The number of hydrogen-bond acceptors (Lipinski definition) is 3. The van der Waals surface area contributed by atoms with Crippen LogP contribution in [0.2, 0.25) is 0 Å². The molecule has 1 unspecified atom stereocenters. The van der Waals surface area contributed by atoms with Gasteiger partial charge in [0, 0.05) is 11.1 Å². The third kappa shape index (κ3) is 1.42. The zero-order valence-electron chi connectivity index (χ0n) is 5.93. The second-order valence-electron chi connectivity index (χ2n) is 2.15. The number of hydrogen-bond donors (Lipinski definition) is 2. The van der Waals surface area contributed by atoms with Crippen molar-refractivity contribution in [3.8, 4) is 0 Å². The average Bonchev–Trinajstić information content (AvgIpc) is 2.37. The molecule has 0 fully saturated rings. The van der Waals surface area contributed by atoms with Crippen molar-refractivity contribution in [3.63, 3.8) is 0 Å². The van der Waals surface area contributed by atoms with Crippen LogP contribution in [-0.4, -0.2) is 21.0 Å². The molecule has 0 aliphatic heterocycles. The van der Waals surface area contributed by atoms with Gasteiger partial charge in [-0.15, -0.1) is 0 Å². The number of H-pyrrole nitrogens is 1. The highest BCUT2D eigenvalue weighted by Gasteiger charge is 2.32. The normalized spacial score (nSPS) is 12.3. The summed E-state index contributed by atoms with van der Waals surface area (Å²) in [5.74, 6) is -1.47. The Hall–Kier alpha value is -1.85. The summed E-state index contributed by atoms with van der Waals surface area (Å²) < 4.78 is 0. The molecule has 0 spiro atoms. The van der Waals surface area contributed by atoms with Gasteiger partial charge in [-0.25, -0.2) is 4.79 Å². The molecule has 1 atom stereocenters. The van der Waals surface area contributed by atoms with Gasteiger partial charge in [0.25, 0.3) is 0 Å². The van der Waals surface area contributed by atoms with Gasteiger partial charge in [-0.3, -0.25) is 10.1 Å². The number of carboxylic acids is 1. The molecule has 0 saturated carbocycles. The third-order valence-corrected chi connectivity index (χ3v) is 1.36. The summed E-state index contributed by atoms with van der Waals surface area (Å²) >= 11 is 0.